The van der Waals surface area contributed by atoms with Crippen LogP contribution in [0.3, 0.4) is 0 Å². The van der Waals surface area contributed by atoms with Gasteiger partial charge in [-0.05, 0) is 86.0 Å². The molecule has 0 atom stereocenters. The Morgan fingerprint density at radius 3 is 2.19 bits per heavy atom. The van der Waals surface area contributed by atoms with E-state index in [-0.39, 0.29) is 13.0 Å². The highest BCUT2D eigenvalue weighted by molar-refractivity contribution is 14.1. The first kappa shape index (κ1) is 17.9. The predicted molar refractivity (Wildman–Crippen MR) is 89.1 cm³/mol. The number of esters is 2. The minimum absolute atomic E-state index is 0.150. The van der Waals surface area contributed by atoms with Crippen molar-refractivity contribution in [3.05, 3.63) is 32.4 Å². The Morgan fingerprint density at radius 2 is 1.71 bits per heavy atom. The number of aryl methyl sites for hydroxylation is 2. The van der Waals surface area contributed by atoms with Crippen LogP contribution in [-0.2, 0) is 25.5 Å². The van der Waals surface area contributed by atoms with E-state index in [0.29, 0.717) is 0 Å². The number of ether oxygens (including phenoxy) is 2. The molecule has 0 fully saturated rings. The number of rotatable bonds is 5. The zero-order valence-corrected chi connectivity index (χ0v) is 15.2. The lowest BCUT2D eigenvalue weighted by Gasteiger charge is -2.23. The molecule has 0 amide bonds. The monoisotopic (exact) mass is 404 g/mol. The fourth-order valence-corrected chi connectivity index (χ4v) is 2.97. The zero-order chi connectivity index (χ0) is 16.2. The summed E-state index contributed by atoms with van der Waals surface area (Å²) in [5, 5.41) is 0. The van der Waals surface area contributed by atoms with E-state index in [0.717, 1.165) is 20.3 Å². The summed E-state index contributed by atoms with van der Waals surface area (Å²) in [5.41, 5.74) is 1.77. The second-order valence-corrected chi connectivity index (χ2v) is 6.65. The van der Waals surface area contributed by atoms with Crippen LogP contribution in [0.2, 0.25) is 0 Å². The number of hydrogen-bond acceptors (Lipinski definition) is 4. The molecule has 1 aromatic carbocycles. The molecule has 0 aromatic heterocycles. The fourth-order valence-electron chi connectivity index (χ4n) is 2.03. The van der Waals surface area contributed by atoms with Crippen LogP contribution in [0.4, 0.5) is 0 Å². The van der Waals surface area contributed by atoms with Crippen molar-refractivity contribution in [2.24, 2.45) is 0 Å². The van der Waals surface area contributed by atoms with Crippen molar-refractivity contribution >= 4 is 34.5 Å². The normalized spacial score (nSPS) is 11.1. The zero-order valence-electron chi connectivity index (χ0n) is 13.1. The number of benzene rings is 1. The highest BCUT2D eigenvalue weighted by Gasteiger charge is 2.33. The molecule has 0 aliphatic rings. The summed E-state index contributed by atoms with van der Waals surface area (Å²) in [5.74, 6) is -0.963. The van der Waals surface area contributed by atoms with Gasteiger partial charge in [-0.1, -0.05) is 0 Å². The first-order chi connectivity index (χ1) is 9.67. The highest BCUT2D eigenvalue weighted by atomic mass is 127. The van der Waals surface area contributed by atoms with E-state index in [1.807, 2.05) is 26.0 Å². The molecule has 1 aromatic rings. The van der Waals surface area contributed by atoms with Gasteiger partial charge in [0.05, 0.1) is 13.0 Å². The number of carbonyl (C=O) groups is 2. The van der Waals surface area contributed by atoms with Gasteiger partial charge in [0, 0.05) is 3.57 Å². The van der Waals surface area contributed by atoms with Crippen molar-refractivity contribution in [3.63, 3.8) is 0 Å². The van der Waals surface area contributed by atoms with Gasteiger partial charge in [-0.15, -0.1) is 0 Å². The maximum Gasteiger partial charge on any atom is 0.349 e. The van der Waals surface area contributed by atoms with Crippen LogP contribution in [0.5, 0.6) is 0 Å². The molecule has 0 saturated carbocycles. The second-order valence-electron chi connectivity index (χ2n) is 5.40. The Bertz CT molecular complexity index is 526. The van der Waals surface area contributed by atoms with Crippen LogP contribution < -0.4 is 0 Å². The molecular formula is C16H21IO4. The average molecular weight is 404 g/mol. The molecule has 1 rings (SSSR count). The molecule has 0 heterocycles. The molecule has 0 N–H and O–H groups in total. The first-order valence-electron chi connectivity index (χ1n) is 6.82. The van der Waals surface area contributed by atoms with Crippen molar-refractivity contribution in [2.45, 2.75) is 46.6 Å². The molecule has 4 nitrogen and oxygen atoms in total. The third-order valence-electron chi connectivity index (χ3n) is 3.12. The van der Waals surface area contributed by atoms with Crippen LogP contribution in [0.1, 0.15) is 37.5 Å². The van der Waals surface area contributed by atoms with Gasteiger partial charge in [0.1, 0.15) is 0 Å². The smallest absolute Gasteiger partial charge is 0.349 e. The molecule has 116 valence electrons. The van der Waals surface area contributed by atoms with E-state index in [4.69, 9.17) is 9.47 Å². The number of hydrogen-bond donors (Lipinski definition) is 0. The molecule has 0 unspecified atom stereocenters. The van der Waals surface area contributed by atoms with Gasteiger partial charge in [0.2, 0.25) is 5.60 Å². The highest BCUT2D eigenvalue weighted by Crippen LogP contribution is 2.20. The fraction of sp³-hybridized carbons (Fsp3) is 0.500. The summed E-state index contributed by atoms with van der Waals surface area (Å²) in [7, 11) is 0. The van der Waals surface area contributed by atoms with Gasteiger partial charge in [0.15, 0.2) is 0 Å². The predicted octanol–water partition coefficient (Wildman–Crippen LogP) is 3.34. The van der Waals surface area contributed by atoms with Crippen LogP contribution in [-0.4, -0.2) is 24.1 Å². The maximum absolute atomic E-state index is 12.1. The topological polar surface area (TPSA) is 52.6 Å². The molecule has 0 aliphatic heterocycles. The van der Waals surface area contributed by atoms with E-state index in [1.165, 1.54) is 13.8 Å². The van der Waals surface area contributed by atoms with Crippen LogP contribution in [0.15, 0.2) is 12.1 Å². The minimum atomic E-state index is -1.27. The summed E-state index contributed by atoms with van der Waals surface area (Å²) in [6, 6.07) is 4.04. The van der Waals surface area contributed by atoms with Gasteiger partial charge in [-0.2, -0.15) is 0 Å². The molecule has 21 heavy (non-hydrogen) atoms. The van der Waals surface area contributed by atoms with Crippen molar-refractivity contribution < 1.29 is 19.1 Å². The van der Waals surface area contributed by atoms with E-state index in [9.17, 15) is 9.59 Å². The lowest BCUT2D eigenvalue weighted by molar-refractivity contribution is -0.177. The van der Waals surface area contributed by atoms with Crippen molar-refractivity contribution in [1.29, 1.82) is 0 Å². The van der Waals surface area contributed by atoms with Crippen LogP contribution >= 0.6 is 22.6 Å². The van der Waals surface area contributed by atoms with E-state index >= 15 is 0 Å². The molecule has 0 aliphatic carbocycles. The summed E-state index contributed by atoms with van der Waals surface area (Å²) >= 11 is 2.24. The Balaban J connectivity index is 2.81. The minimum Gasteiger partial charge on any atom is -0.463 e. The molecule has 0 radical (unpaired) electrons. The largest absolute Gasteiger partial charge is 0.463 e. The van der Waals surface area contributed by atoms with E-state index in [1.54, 1.807) is 6.92 Å². The van der Waals surface area contributed by atoms with Crippen molar-refractivity contribution in [2.75, 3.05) is 6.61 Å². The van der Waals surface area contributed by atoms with E-state index in [2.05, 4.69) is 22.6 Å². The second kappa shape index (κ2) is 7.24. The number of halogens is 1. The van der Waals surface area contributed by atoms with Crippen LogP contribution in [0.25, 0.3) is 0 Å². The van der Waals surface area contributed by atoms with Crippen molar-refractivity contribution in [3.8, 4) is 0 Å². The average Bonchev–Trinajstić information content (AvgIpc) is 2.33. The van der Waals surface area contributed by atoms with Gasteiger partial charge in [-0.3, -0.25) is 4.79 Å². The van der Waals surface area contributed by atoms with Gasteiger partial charge in [0.25, 0.3) is 0 Å². The van der Waals surface area contributed by atoms with Gasteiger partial charge < -0.3 is 9.47 Å². The first-order valence-corrected chi connectivity index (χ1v) is 7.90. The third-order valence-corrected chi connectivity index (χ3v) is 3.74. The number of carbonyl (C=O) groups excluding carboxylic acids is 2. The van der Waals surface area contributed by atoms with Crippen molar-refractivity contribution in [1.82, 2.24) is 0 Å². The molecule has 0 saturated heterocycles. The Labute approximate surface area is 139 Å². The summed E-state index contributed by atoms with van der Waals surface area (Å²) < 4.78 is 11.3. The molecule has 5 heteroatoms. The molecule has 0 bridgehead atoms. The van der Waals surface area contributed by atoms with Crippen LogP contribution in [0, 0.1) is 17.4 Å². The maximum atomic E-state index is 12.1. The summed E-state index contributed by atoms with van der Waals surface area (Å²) in [4.78, 5) is 23.8. The van der Waals surface area contributed by atoms with Gasteiger partial charge >= 0.3 is 11.9 Å². The SMILES string of the molecule is CCOC(=O)C(C)(C)OC(=O)Cc1c(C)cc(I)cc1C. The third kappa shape index (κ3) is 4.98. The Morgan fingerprint density at radius 1 is 1.19 bits per heavy atom. The molecule has 0 spiro atoms. The summed E-state index contributed by atoms with van der Waals surface area (Å²) in [6.45, 7) is 8.98. The Hall–Kier alpha value is -1.11. The quantitative estimate of drug-likeness (QED) is 0.558. The summed E-state index contributed by atoms with van der Waals surface area (Å²) in [6.07, 6.45) is 0.150. The standard InChI is InChI=1S/C16H21IO4/c1-6-20-15(19)16(4,5)21-14(18)9-13-10(2)7-12(17)8-11(13)3/h7-8H,6,9H2,1-5H3. The van der Waals surface area contributed by atoms with E-state index < -0.39 is 17.5 Å². The lowest BCUT2D eigenvalue weighted by atomic mass is 10.00. The molecular weight excluding hydrogens is 383 g/mol. The van der Waals surface area contributed by atoms with Gasteiger partial charge in [-0.25, -0.2) is 4.79 Å². The lowest BCUT2D eigenvalue weighted by Crippen LogP contribution is -2.39. The Kier molecular flexibility index (Phi) is 6.19.